The topological polar surface area (TPSA) is 50.2 Å². The van der Waals surface area contributed by atoms with Gasteiger partial charge in [-0.1, -0.05) is 11.6 Å². The van der Waals surface area contributed by atoms with Crippen molar-refractivity contribution in [2.75, 3.05) is 0 Å². The van der Waals surface area contributed by atoms with Crippen molar-refractivity contribution >= 4 is 16.9 Å². The molecule has 0 aliphatic rings. The Hall–Kier alpha value is -1.90. The van der Waals surface area contributed by atoms with Gasteiger partial charge in [0.05, 0.1) is 11.1 Å². The van der Waals surface area contributed by atoms with Crippen LogP contribution in [-0.4, -0.2) is 16.1 Å². The number of pyridine rings is 1. The van der Waals surface area contributed by atoms with Gasteiger partial charge in [-0.25, -0.2) is 4.79 Å². The van der Waals surface area contributed by atoms with Crippen molar-refractivity contribution in [2.24, 2.45) is 0 Å². The molecule has 2 rings (SSSR count). The molecule has 0 amide bonds. The summed E-state index contributed by atoms with van der Waals surface area (Å²) in [6, 6.07) is 7.40. The summed E-state index contributed by atoms with van der Waals surface area (Å²) in [5, 5.41) is 9.64. The second kappa shape index (κ2) is 3.10. The number of hydrogen-bond donors (Lipinski definition) is 1. The number of aryl methyl sites for hydroxylation is 1. The summed E-state index contributed by atoms with van der Waals surface area (Å²) >= 11 is 0. The van der Waals surface area contributed by atoms with Gasteiger partial charge in [0.15, 0.2) is 0 Å². The monoisotopic (exact) mass is 187 g/mol. The first-order valence-electron chi connectivity index (χ1n) is 4.26. The normalized spacial score (nSPS) is 10.4. The van der Waals surface area contributed by atoms with Crippen molar-refractivity contribution in [3.8, 4) is 0 Å². The van der Waals surface area contributed by atoms with Gasteiger partial charge in [-0.3, -0.25) is 4.98 Å². The summed E-state index contributed by atoms with van der Waals surface area (Å²) in [5.74, 6) is -0.944. The molecule has 3 nitrogen and oxygen atoms in total. The highest BCUT2D eigenvalue weighted by Crippen LogP contribution is 2.14. The van der Waals surface area contributed by atoms with Gasteiger partial charge in [-0.15, -0.1) is 0 Å². The lowest BCUT2D eigenvalue weighted by molar-refractivity contribution is 0.0696. The smallest absolute Gasteiger partial charge is 0.337 e. The Morgan fingerprint density at radius 1 is 1.36 bits per heavy atom. The average Bonchev–Trinajstić information content (AvgIpc) is 2.16. The van der Waals surface area contributed by atoms with Crippen LogP contribution in [0.5, 0.6) is 0 Å². The minimum absolute atomic E-state index is 0.225. The zero-order valence-electron chi connectivity index (χ0n) is 7.69. The van der Waals surface area contributed by atoms with E-state index in [0.717, 1.165) is 16.5 Å². The van der Waals surface area contributed by atoms with Crippen molar-refractivity contribution in [1.29, 1.82) is 0 Å². The molecule has 14 heavy (non-hydrogen) atoms. The molecule has 0 atom stereocenters. The SMILES string of the molecule is Cc1ccc2ncc(C(=O)O)cc2c1. The molecule has 0 aliphatic heterocycles. The van der Waals surface area contributed by atoms with Crippen molar-refractivity contribution in [3.05, 3.63) is 41.6 Å². The summed E-state index contributed by atoms with van der Waals surface area (Å²) in [7, 11) is 0. The lowest BCUT2D eigenvalue weighted by Gasteiger charge is -1.99. The fourth-order valence-electron chi connectivity index (χ4n) is 1.37. The van der Waals surface area contributed by atoms with Gasteiger partial charge < -0.3 is 5.11 Å². The Kier molecular flexibility index (Phi) is 1.93. The molecule has 0 bridgehead atoms. The molecule has 1 aromatic heterocycles. The first-order valence-corrected chi connectivity index (χ1v) is 4.26. The third kappa shape index (κ3) is 1.44. The van der Waals surface area contributed by atoms with E-state index in [1.165, 1.54) is 6.20 Å². The van der Waals surface area contributed by atoms with Gasteiger partial charge >= 0.3 is 5.97 Å². The predicted molar refractivity (Wildman–Crippen MR) is 53.4 cm³/mol. The van der Waals surface area contributed by atoms with E-state index in [2.05, 4.69) is 4.98 Å². The van der Waals surface area contributed by atoms with Crippen molar-refractivity contribution in [1.82, 2.24) is 4.98 Å². The number of benzene rings is 1. The van der Waals surface area contributed by atoms with Gasteiger partial charge in [0, 0.05) is 11.6 Å². The Bertz CT molecular complexity index is 506. The first-order chi connectivity index (χ1) is 6.66. The van der Waals surface area contributed by atoms with E-state index in [4.69, 9.17) is 5.11 Å². The largest absolute Gasteiger partial charge is 0.478 e. The van der Waals surface area contributed by atoms with Crippen LogP contribution in [0.15, 0.2) is 30.5 Å². The molecule has 3 heteroatoms. The highest BCUT2D eigenvalue weighted by Gasteiger charge is 2.04. The van der Waals surface area contributed by atoms with Gasteiger partial charge in [0.1, 0.15) is 0 Å². The van der Waals surface area contributed by atoms with Crippen LogP contribution >= 0.6 is 0 Å². The van der Waals surface area contributed by atoms with Gasteiger partial charge in [0.25, 0.3) is 0 Å². The molecule has 1 heterocycles. The number of rotatable bonds is 1. The maximum Gasteiger partial charge on any atom is 0.337 e. The van der Waals surface area contributed by atoms with E-state index in [-0.39, 0.29) is 5.56 Å². The second-order valence-electron chi connectivity index (χ2n) is 3.23. The van der Waals surface area contributed by atoms with Crippen LogP contribution in [0.1, 0.15) is 15.9 Å². The van der Waals surface area contributed by atoms with Gasteiger partial charge in [0.2, 0.25) is 0 Å². The molecule has 1 N–H and O–H groups in total. The van der Waals surface area contributed by atoms with E-state index in [1.54, 1.807) is 6.07 Å². The van der Waals surface area contributed by atoms with E-state index in [0.29, 0.717) is 0 Å². The Morgan fingerprint density at radius 3 is 2.86 bits per heavy atom. The van der Waals surface area contributed by atoms with Crippen LogP contribution in [0, 0.1) is 6.92 Å². The van der Waals surface area contributed by atoms with E-state index < -0.39 is 5.97 Å². The minimum atomic E-state index is -0.944. The number of nitrogens with zero attached hydrogens (tertiary/aromatic N) is 1. The highest BCUT2D eigenvalue weighted by molar-refractivity contribution is 5.92. The molecule has 0 aliphatic carbocycles. The minimum Gasteiger partial charge on any atom is -0.478 e. The van der Waals surface area contributed by atoms with Crippen LogP contribution < -0.4 is 0 Å². The Morgan fingerprint density at radius 2 is 2.14 bits per heavy atom. The van der Waals surface area contributed by atoms with E-state index >= 15 is 0 Å². The second-order valence-corrected chi connectivity index (χ2v) is 3.23. The van der Waals surface area contributed by atoms with Crippen LogP contribution in [0.4, 0.5) is 0 Å². The number of carbonyl (C=O) groups is 1. The number of aromatic carboxylic acids is 1. The zero-order valence-corrected chi connectivity index (χ0v) is 7.69. The summed E-state index contributed by atoms with van der Waals surface area (Å²) in [5.41, 5.74) is 2.14. The number of fused-ring (bicyclic) bond motifs is 1. The van der Waals surface area contributed by atoms with Crippen LogP contribution in [0.3, 0.4) is 0 Å². The summed E-state index contributed by atoms with van der Waals surface area (Å²) in [4.78, 5) is 14.8. The molecule has 70 valence electrons. The zero-order chi connectivity index (χ0) is 10.1. The molecule has 0 saturated carbocycles. The summed E-state index contributed by atoms with van der Waals surface area (Å²) < 4.78 is 0. The molecule has 0 fully saturated rings. The van der Waals surface area contributed by atoms with Crippen molar-refractivity contribution in [3.63, 3.8) is 0 Å². The summed E-state index contributed by atoms with van der Waals surface area (Å²) in [6.45, 7) is 1.97. The average molecular weight is 187 g/mol. The lowest BCUT2D eigenvalue weighted by atomic mass is 10.1. The molecule has 0 spiro atoms. The molecule has 0 saturated heterocycles. The fourth-order valence-corrected chi connectivity index (χ4v) is 1.37. The van der Waals surface area contributed by atoms with Gasteiger partial charge in [-0.2, -0.15) is 0 Å². The highest BCUT2D eigenvalue weighted by atomic mass is 16.4. The summed E-state index contributed by atoms with van der Waals surface area (Å²) in [6.07, 6.45) is 1.38. The molecular formula is C11H9NO2. The van der Waals surface area contributed by atoms with Crippen LogP contribution in [0.2, 0.25) is 0 Å². The molecular weight excluding hydrogens is 178 g/mol. The number of carboxylic acids is 1. The number of carboxylic acid groups (broad SMARTS) is 1. The predicted octanol–water partition coefficient (Wildman–Crippen LogP) is 2.24. The standard InChI is InChI=1S/C11H9NO2/c1-7-2-3-10-8(4-7)5-9(6-12-10)11(13)14/h2-6H,1H3,(H,13,14). The van der Waals surface area contributed by atoms with Crippen LogP contribution in [-0.2, 0) is 0 Å². The van der Waals surface area contributed by atoms with Crippen molar-refractivity contribution < 1.29 is 9.90 Å². The fraction of sp³-hybridized carbons (Fsp3) is 0.0909. The van der Waals surface area contributed by atoms with Crippen molar-refractivity contribution in [2.45, 2.75) is 6.92 Å². The molecule has 1 aromatic carbocycles. The van der Waals surface area contributed by atoms with Crippen LogP contribution in [0.25, 0.3) is 10.9 Å². The number of aromatic nitrogens is 1. The Labute approximate surface area is 81.0 Å². The number of hydrogen-bond acceptors (Lipinski definition) is 2. The maximum absolute atomic E-state index is 10.7. The van der Waals surface area contributed by atoms with Gasteiger partial charge in [-0.05, 0) is 25.1 Å². The third-order valence-electron chi connectivity index (χ3n) is 2.08. The maximum atomic E-state index is 10.7. The lowest BCUT2D eigenvalue weighted by Crippen LogP contribution is -1.96. The Balaban J connectivity index is 2.69. The molecule has 2 aromatic rings. The molecule has 0 unspecified atom stereocenters. The molecule has 0 radical (unpaired) electrons. The van der Waals surface area contributed by atoms with E-state index in [1.807, 2.05) is 25.1 Å². The third-order valence-corrected chi connectivity index (χ3v) is 2.08. The quantitative estimate of drug-likeness (QED) is 0.744. The van der Waals surface area contributed by atoms with E-state index in [9.17, 15) is 4.79 Å². The first kappa shape index (κ1) is 8.69.